The number of hydrogen-bond donors (Lipinski definition) is 2. The molecule has 3 aromatic rings. The van der Waals surface area contributed by atoms with E-state index in [-0.39, 0.29) is 10.8 Å². The maximum absolute atomic E-state index is 12.5. The van der Waals surface area contributed by atoms with Crippen LogP contribution in [0, 0.1) is 0 Å². The number of nitrogens with zero attached hydrogens (tertiary/aromatic N) is 1. The van der Waals surface area contributed by atoms with E-state index in [0.717, 1.165) is 18.7 Å². The minimum atomic E-state index is -3.70. The Hall–Kier alpha value is -3.32. The highest BCUT2D eigenvalue weighted by Gasteiger charge is 2.15. The number of carbonyl (C=O) groups is 1. The van der Waals surface area contributed by atoms with E-state index >= 15 is 0 Å². The van der Waals surface area contributed by atoms with Gasteiger partial charge in [-0.25, -0.2) is 8.42 Å². The topological polar surface area (TPSA) is 78.5 Å². The van der Waals surface area contributed by atoms with Crippen molar-refractivity contribution >= 4 is 27.3 Å². The van der Waals surface area contributed by atoms with Crippen molar-refractivity contribution in [3.8, 4) is 0 Å². The standard InChI is InChI=1S/C23H25N3O3S/c1-26(21-11-6-3-7-12-21)18-8-17-24-23(27)19-13-15-22(16-14-19)30(28,29)25-20-9-4-2-5-10-20/h2-7,9-16,25H,8,17-18H2,1H3,(H,24,27). The molecule has 0 saturated carbocycles. The van der Waals surface area contributed by atoms with E-state index in [4.69, 9.17) is 0 Å². The number of para-hydroxylation sites is 2. The van der Waals surface area contributed by atoms with Gasteiger partial charge in [0.05, 0.1) is 4.90 Å². The number of amides is 1. The van der Waals surface area contributed by atoms with Gasteiger partial charge in [-0.2, -0.15) is 0 Å². The molecule has 3 aromatic carbocycles. The molecular formula is C23H25N3O3S. The molecule has 7 heteroatoms. The molecule has 0 saturated heterocycles. The molecule has 2 N–H and O–H groups in total. The fraction of sp³-hybridized carbons (Fsp3) is 0.174. The normalized spacial score (nSPS) is 11.0. The zero-order valence-electron chi connectivity index (χ0n) is 16.8. The molecule has 0 aliphatic carbocycles. The summed E-state index contributed by atoms with van der Waals surface area (Å²) >= 11 is 0. The van der Waals surface area contributed by atoms with Gasteiger partial charge in [0.1, 0.15) is 0 Å². The monoisotopic (exact) mass is 423 g/mol. The number of hydrogen-bond acceptors (Lipinski definition) is 4. The third-order valence-corrected chi connectivity index (χ3v) is 6.00. The lowest BCUT2D eigenvalue weighted by molar-refractivity contribution is 0.0953. The Bertz CT molecular complexity index is 1050. The molecule has 0 aliphatic rings. The minimum absolute atomic E-state index is 0.104. The predicted octanol–water partition coefficient (Wildman–Crippen LogP) is 3.74. The maximum Gasteiger partial charge on any atom is 0.261 e. The summed E-state index contributed by atoms with van der Waals surface area (Å²) in [6.07, 6.45) is 0.796. The van der Waals surface area contributed by atoms with E-state index in [1.54, 1.807) is 24.3 Å². The van der Waals surface area contributed by atoms with Crippen LogP contribution in [0.3, 0.4) is 0 Å². The molecule has 0 radical (unpaired) electrons. The van der Waals surface area contributed by atoms with Crippen LogP contribution in [-0.4, -0.2) is 34.5 Å². The summed E-state index contributed by atoms with van der Waals surface area (Å²) in [5, 5.41) is 2.87. The lowest BCUT2D eigenvalue weighted by Gasteiger charge is -2.19. The first-order valence-electron chi connectivity index (χ1n) is 9.68. The zero-order valence-corrected chi connectivity index (χ0v) is 17.6. The van der Waals surface area contributed by atoms with Crippen LogP contribution in [0.15, 0.2) is 89.8 Å². The van der Waals surface area contributed by atoms with Crippen molar-refractivity contribution in [2.24, 2.45) is 0 Å². The van der Waals surface area contributed by atoms with Gasteiger partial charge >= 0.3 is 0 Å². The van der Waals surface area contributed by atoms with Crippen LogP contribution in [0.25, 0.3) is 0 Å². The zero-order chi connectivity index (χ0) is 21.4. The Labute approximate surface area is 177 Å². The lowest BCUT2D eigenvalue weighted by atomic mass is 10.2. The fourth-order valence-corrected chi connectivity index (χ4v) is 4.00. The summed E-state index contributed by atoms with van der Waals surface area (Å²) in [4.78, 5) is 14.6. The highest BCUT2D eigenvalue weighted by Crippen LogP contribution is 2.16. The minimum Gasteiger partial charge on any atom is -0.375 e. The molecular weight excluding hydrogens is 398 g/mol. The van der Waals surface area contributed by atoms with Crippen molar-refractivity contribution in [3.05, 3.63) is 90.5 Å². The lowest BCUT2D eigenvalue weighted by Crippen LogP contribution is -2.28. The molecule has 30 heavy (non-hydrogen) atoms. The molecule has 0 fully saturated rings. The highest BCUT2D eigenvalue weighted by atomic mass is 32.2. The van der Waals surface area contributed by atoms with Crippen molar-refractivity contribution in [1.29, 1.82) is 0 Å². The summed E-state index contributed by atoms with van der Waals surface area (Å²) in [6.45, 7) is 1.35. The molecule has 0 spiro atoms. The van der Waals surface area contributed by atoms with Gasteiger partial charge < -0.3 is 10.2 Å². The molecule has 0 aromatic heterocycles. The Morgan fingerprint density at radius 3 is 2.10 bits per heavy atom. The van der Waals surface area contributed by atoms with Gasteiger partial charge in [0.15, 0.2) is 0 Å². The van der Waals surface area contributed by atoms with Crippen molar-refractivity contribution in [3.63, 3.8) is 0 Å². The third-order valence-electron chi connectivity index (χ3n) is 4.61. The van der Waals surface area contributed by atoms with E-state index < -0.39 is 10.0 Å². The van der Waals surface area contributed by atoms with Crippen molar-refractivity contribution < 1.29 is 13.2 Å². The summed E-state index contributed by atoms with van der Waals surface area (Å²) < 4.78 is 27.4. The molecule has 0 heterocycles. The van der Waals surface area contributed by atoms with Crippen LogP contribution < -0.4 is 14.9 Å². The third kappa shape index (κ3) is 5.84. The van der Waals surface area contributed by atoms with Gasteiger partial charge in [-0.05, 0) is 55.0 Å². The summed E-state index contributed by atoms with van der Waals surface area (Å²) in [7, 11) is -1.69. The van der Waals surface area contributed by atoms with E-state index in [1.165, 1.54) is 24.3 Å². The smallest absolute Gasteiger partial charge is 0.261 e. The van der Waals surface area contributed by atoms with E-state index in [9.17, 15) is 13.2 Å². The fourth-order valence-electron chi connectivity index (χ4n) is 2.94. The molecule has 6 nitrogen and oxygen atoms in total. The second kappa shape index (κ2) is 9.93. The van der Waals surface area contributed by atoms with Crippen molar-refractivity contribution in [2.45, 2.75) is 11.3 Å². The Balaban J connectivity index is 1.50. The van der Waals surface area contributed by atoms with Crippen LogP contribution in [0.5, 0.6) is 0 Å². The van der Waals surface area contributed by atoms with Gasteiger partial charge in [-0.15, -0.1) is 0 Å². The maximum atomic E-state index is 12.5. The number of sulfonamides is 1. The molecule has 0 bridgehead atoms. The van der Waals surface area contributed by atoms with Gasteiger partial charge in [-0.3, -0.25) is 9.52 Å². The SMILES string of the molecule is CN(CCCNC(=O)c1ccc(S(=O)(=O)Nc2ccccc2)cc1)c1ccccc1. The molecule has 0 unspecified atom stereocenters. The predicted molar refractivity (Wildman–Crippen MR) is 120 cm³/mol. The van der Waals surface area contributed by atoms with Crippen LogP contribution in [0.2, 0.25) is 0 Å². The summed E-state index contributed by atoms with van der Waals surface area (Å²) in [5.41, 5.74) is 2.04. The largest absolute Gasteiger partial charge is 0.375 e. The Morgan fingerprint density at radius 1 is 0.867 bits per heavy atom. The van der Waals surface area contributed by atoms with Gasteiger partial charge in [0.25, 0.3) is 15.9 Å². The second-order valence-corrected chi connectivity index (χ2v) is 8.54. The van der Waals surface area contributed by atoms with Gasteiger partial charge in [-0.1, -0.05) is 36.4 Å². The number of carbonyl (C=O) groups excluding carboxylic acids is 1. The number of benzene rings is 3. The summed E-state index contributed by atoms with van der Waals surface area (Å²) in [6, 6.07) is 24.6. The van der Waals surface area contributed by atoms with Crippen LogP contribution in [0.1, 0.15) is 16.8 Å². The number of nitrogens with one attached hydrogen (secondary N) is 2. The van der Waals surface area contributed by atoms with Crippen molar-refractivity contribution in [1.82, 2.24) is 5.32 Å². The summed E-state index contributed by atoms with van der Waals surface area (Å²) in [5.74, 6) is -0.225. The van der Waals surface area contributed by atoms with Crippen LogP contribution in [-0.2, 0) is 10.0 Å². The Kier molecular flexibility index (Phi) is 7.08. The van der Waals surface area contributed by atoms with Gasteiger partial charge in [0, 0.05) is 37.1 Å². The Morgan fingerprint density at radius 2 is 1.47 bits per heavy atom. The first-order chi connectivity index (χ1) is 14.5. The second-order valence-electron chi connectivity index (χ2n) is 6.86. The number of rotatable bonds is 9. The van der Waals surface area contributed by atoms with Crippen LogP contribution >= 0.6 is 0 Å². The van der Waals surface area contributed by atoms with E-state index in [0.29, 0.717) is 17.8 Å². The molecule has 3 rings (SSSR count). The number of anilines is 2. The quantitative estimate of drug-likeness (QED) is 0.514. The first-order valence-corrected chi connectivity index (χ1v) is 11.2. The van der Waals surface area contributed by atoms with E-state index in [2.05, 4.69) is 14.9 Å². The molecule has 0 aliphatic heterocycles. The van der Waals surface area contributed by atoms with Crippen molar-refractivity contribution in [2.75, 3.05) is 29.8 Å². The van der Waals surface area contributed by atoms with Crippen LogP contribution in [0.4, 0.5) is 11.4 Å². The molecule has 0 atom stereocenters. The average molecular weight is 424 g/mol. The highest BCUT2D eigenvalue weighted by molar-refractivity contribution is 7.92. The van der Waals surface area contributed by atoms with E-state index in [1.807, 2.05) is 43.4 Å². The molecule has 156 valence electrons. The first kappa shape index (κ1) is 21.4. The van der Waals surface area contributed by atoms with Gasteiger partial charge in [0.2, 0.25) is 0 Å². The average Bonchev–Trinajstić information content (AvgIpc) is 2.77. The molecule has 1 amide bonds.